The molecule has 0 saturated heterocycles. The number of carbonyl (C=O) groups excluding carboxylic acids is 2. The van der Waals surface area contributed by atoms with Crippen LogP contribution in [-0.4, -0.2) is 38.4 Å². The van der Waals surface area contributed by atoms with E-state index in [1.165, 1.54) is 12.4 Å². The Morgan fingerprint density at radius 3 is 2.52 bits per heavy atom. The largest absolute Gasteiger partial charge is 0.505 e. The molecule has 1 N–H and O–H groups in total. The van der Waals surface area contributed by atoms with Crippen molar-refractivity contribution in [2.75, 3.05) is 6.61 Å². The molecule has 0 unspecified atom stereocenters. The molecule has 2 aromatic carbocycles. The molecule has 1 aliphatic heterocycles. The van der Waals surface area contributed by atoms with Crippen LogP contribution in [0.15, 0.2) is 41.1 Å². The number of aromatic nitrogens is 2. The fraction of sp³-hybridized carbons (Fsp3) is 0.158. The van der Waals surface area contributed by atoms with Gasteiger partial charge in [-0.25, -0.2) is 9.97 Å². The van der Waals surface area contributed by atoms with Crippen molar-refractivity contribution in [1.82, 2.24) is 14.9 Å². The van der Waals surface area contributed by atoms with Gasteiger partial charge in [0, 0.05) is 16.9 Å². The minimum absolute atomic E-state index is 0.0300. The van der Waals surface area contributed by atoms with Crippen molar-refractivity contribution in [1.29, 1.82) is 0 Å². The zero-order chi connectivity index (χ0) is 19.1. The van der Waals surface area contributed by atoms with Gasteiger partial charge in [0.05, 0.1) is 13.2 Å². The van der Waals surface area contributed by atoms with Crippen LogP contribution < -0.4 is 4.74 Å². The van der Waals surface area contributed by atoms with Crippen LogP contribution in [0.1, 0.15) is 33.2 Å². The summed E-state index contributed by atoms with van der Waals surface area (Å²) in [4.78, 5) is 35.4. The Kier molecular flexibility index (Phi) is 4.27. The highest BCUT2D eigenvalue weighted by molar-refractivity contribution is 9.10. The molecule has 0 spiro atoms. The van der Waals surface area contributed by atoms with Gasteiger partial charge >= 0.3 is 0 Å². The van der Waals surface area contributed by atoms with E-state index < -0.39 is 11.8 Å². The van der Waals surface area contributed by atoms with Crippen LogP contribution in [0.3, 0.4) is 0 Å². The van der Waals surface area contributed by atoms with Gasteiger partial charge in [-0.15, -0.1) is 0 Å². The molecule has 0 saturated carbocycles. The number of hydrogen-bond acceptors (Lipinski definition) is 6. The van der Waals surface area contributed by atoms with Crippen LogP contribution in [0.5, 0.6) is 11.5 Å². The summed E-state index contributed by atoms with van der Waals surface area (Å²) in [6.07, 6.45) is 2.85. The van der Waals surface area contributed by atoms with Crippen LogP contribution in [0, 0.1) is 0 Å². The van der Waals surface area contributed by atoms with E-state index in [1.54, 1.807) is 6.92 Å². The number of ether oxygens (including phenoxy) is 1. The highest BCUT2D eigenvalue weighted by Crippen LogP contribution is 2.43. The first-order valence-corrected chi connectivity index (χ1v) is 9.05. The molecule has 0 fully saturated rings. The zero-order valence-corrected chi connectivity index (χ0v) is 15.9. The lowest BCUT2D eigenvalue weighted by Crippen LogP contribution is -2.29. The monoisotopic (exact) mass is 427 g/mol. The second kappa shape index (κ2) is 6.62. The number of rotatable bonds is 4. The maximum atomic E-state index is 13.0. The molecule has 0 bridgehead atoms. The van der Waals surface area contributed by atoms with Gasteiger partial charge in [0.1, 0.15) is 22.2 Å². The number of phenolic OH excluding ortho intramolecular Hbond substituents is 1. The first-order chi connectivity index (χ1) is 13.0. The number of halogens is 1. The molecule has 0 aliphatic carbocycles. The summed E-state index contributed by atoms with van der Waals surface area (Å²) >= 11 is 3.38. The average Bonchev–Trinajstić information content (AvgIpc) is 2.90. The Labute approximate surface area is 162 Å². The van der Waals surface area contributed by atoms with Gasteiger partial charge in [0.25, 0.3) is 11.8 Å². The number of hydrogen-bond donors (Lipinski definition) is 1. The smallest absolute Gasteiger partial charge is 0.265 e. The average molecular weight is 428 g/mol. The summed E-state index contributed by atoms with van der Waals surface area (Å²) in [5.74, 6) is -1.29. The number of phenols is 1. The summed E-state index contributed by atoms with van der Waals surface area (Å²) in [6, 6.07) is 7.32. The molecule has 3 aromatic rings. The van der Waals surface area contributed by atoms with Crippen LogP contribution in [0.4, 0.5) is 0 Å². The Hall–Kier alpha value is -3.00. The number of fused-ring (bicyclic) bond motifs is 2. The molecule has 2 amide bonds. The summed E-state index contributed by atoms with van der Waals surface area (Å²) < 4.78 is 6.47. The van der Waals surface area contributed by atoms with Gasteiger partial charge < -0.3 is 9.84 Å². The Morgan fingerprint density at radius 2 is 1.81 bits per heavy atom. The molecule has 0 radical (unpaired) electrons. The Morgan fingerprint density at radius 1 is 1.11 bits per heavy atom. The zero-order valence-electron chi connectivity index (χ0n) is 14.3. The second-order valence-corrected chi connectivity index (χ2v) is 6.86. The lowest BCUT2D eigenvalue weighted by atomic mass is 10.0. The molecular weight excluding hydrogens is 414 g/mol. The fourth-order valence-electron chi connectivity index (χ4n) is 3.17. The van der Waals surface area contributed by atoms with Gasteiger partial charge in [-0.3, -0.25) is 14.5 Å². The van der Waals surface area contributed by atoms with Gasteiger partial charge in [-0.1, -0.05) is 28.1 Å². The van der Waals surface area contributed by atoms with Crippen LogP contribution in [0.25, 0.3) is 11.0 Å². The van der Waals surface area contributed by atoms with E-state index in [0.717, 1.165) is 14.9 Å². The summed E-state index contributed by atoms with van der Waals surface area (Å²) in [5.41, 5.74) is 1.09. The maximum Gasteiger partial charge on any atom is 0.265 e. The highest BCUT2D eigenvalue weighted by Gasteiger charge is 2.42. The van der Waals surface area contributed by atoms with E-state index in [9.17, 15) is 14.7 Å². The molecule has 4 rings (SSSR count). The van der Waals surface area contributed by atoms with Crippen LogP contribution in [0.2, 0.25) is 0 Å². The van der Waals surface area contributed by atoms with Crippen molar-refractivity contribution < 1.29 is 19.4 Å². The van der Waals surface area contributed by atoms with Crippen molar-refractivity contribution in [3.63, 3.8) is 0 Å². The van der Waals surface area contributed by atoms with Crippen molar-refractivity contribution in [3.05, 3.63) is 57.8 Å². The highest BCUT2D eigenvalue weighted by atomic mass is 79.9. The van der Waals surface area contributed by atoms with Crippen molar-refractivity contribution >= 4 is 38.8 Å². The number of amides is 2. The minimum Gasteiger partial charge on any atom is -0.505 e. The van der Waals surface area contributed by atoms with Gasteiger partial charge in [0.15, 0.2) is 11.5 Å². The predicted molar refractivity (Wildman–Crippen MR) is 101 cm³/mol. The van der Waals surface area contributed by atoms with Crippen molar-refractivity contribution in [2.45, 2.75) is 13.5 Å². The topological polar surface area (TPSA) is 92.6 Å². The first kappa shape index (κ1) is 17.4. The van der Waals surface area contributed by atoms with Crippen molar-refractivity contribution in [2.24, 2.45) is 0 Å². The normalized spacial score (nSPS) is 13.3. The second-order valence-electron chi connectivity index (χ2n) is 5.94. The molecule has 0 atom stereocenters. The molecule has 1 aromatic heterocycles. The predicted octanol–water partition coefficient (Wildman–Crippen LogP) is 3.29. The van der Waals surface area contributed by atoms with E-state index in [2.05, 4.69) is 25.9 Å². The number of nitrogens with zero attached hydrogens (tertiary/aromatic N) is 3. The lowest BCUT2D eigenvalue weighted by Gasteiger charge is -2.14. The van der Waals surface area contributed by atoms with Crippen LogP contribution in [-0.2, 0) is 6.54 Å². The number of benzene rings is 2. The molecule has 7 nitrogen and oxygen atoms in total. The molecule has 27 heavy (non-hydrogen) atoms. The summed E-state index contributed by atoms with van der Waals surface area (Å²) in [6.45, 7) is 2.12. The van der Waals surface area contributed by atoms with Crippen molar-refractivity contribution in [3.8, 4) is 11.5 Å². The Bertz CT molecular complexity index is 1100. The van der Waals surface area contributed by atoms with E-state index in [-0.39, 0.29) is 46.8 Å². The number of imide groups is 1. The molecule has 2 heterocycles. The summed E-state index contributed by atoms with van der Waals surface area (Å²) in [5, 5.41) is 10.6. The van der Waals surface area contributed by atoms with Gasteiger partial charge in [0.2, 0.25) is 0 Å². The minimum atomic E-state index is -0.582. The van der Waals surface area contributed by atoms with Gasteiger partial charge in [-0.05, 0) is 24.6 Å². The molecule has 8 heteroatoms. The standard InChI is InChI=1S/C19H14BrN3O4/c1-2-27-17-13-12(16(24)14-15(17)22-7-6-21-14)18(25)23(19(13)26)9-10-4-3-5-11(20)8-10/h3-8,24H,2,9H2,1H3. The van der Waals surface area contributed by atoms with E-state index in [1.807, 2.05) is 24.3 Å². The fourth-order valence-corrected chi connectivity index (χ4v) is 3.61. The quantitative estimate of drug-likeness (QED) is 0.642. The van der Waals surface area contributed by atoms with Crippen LogP contribution >= 0.6 is 15.9 Å². The van der Waals surface area contributed by atoms with E-state index in [4.69, 9.17) is 4.74 Å². The Balaban J connectivity index is 1.88. The number of aromatic hydroxyl groups is 1. The maximum absolute atomic E-state index is 13.0. The number of carbonyl (C=O) groups is 2. The van der Waals surface area contributed by atoms with Gasteiger partial charge in [-0.2, -0.15) is 0 Å². The first-order valence-electron chi connectivity index (χ1n) is 8.26. The molecule has 1 aliphatic rings. The third-order valence-corrected chi connectivity index (χ3v) is 4.78. The summed E-state index contributed by atoms with van der Waals surface area (Å²) in [7, 11) is 0. The molecule has 136 valence electrons. The lowest BCUT2D eigenvalue weighted by molar-refractivity contribution is 0.0640. The molecular formula is C19H14BrN3O4. The van der Waals surface area contributed by atoms with E-state index in [0.29, 0.717) is 0 Å². The third kappa shape index (κ3) is 2.73. The SMILES string of the molecule is CCOc1c2c(c(O)c3nccnc13)C(=O)N(Cc1cccc(Br)c1)C2=O. The third-order valence-electron chi connectivity index (χ3n) is 4.29. The van der Waals surface area contributed by atoms with E-state index >= 15 is 0 Å².